The van der Waals surface area contributed by atoms with Crippen molar-refractivity contribution in [2.24, 2.45) is 0 Å². The summed E-state index contributed by atoms with van der Waals surface area (Å²) in [6.07, 6.45) is 3.36. The molecule has 0 aliphatic rings. The average Bonchev–Trinajstić information content (AvgIpc) is 2.68. The summed E-state index contributed by atoms with van der Waals surface area (Å²) in [4.78, 5) is 26.8. The standard InChI is InChI=1S/C19H16N3O4.BrH/c1-26-17-8-4-14(5-9-17)18-10-11-21(13-20-18)12-19(23)15-2-6-16(7-3-15)22(24)25;/h2-11,13H,12H2,1H3;1H/q+1;/p-1. The number of ketones is 1. The van der Waals surface area contributed by atoms with Crippen molar-refractivity contribution in [1.29, 1.82) is 0 Å². The van der Waals surface area contributed by atoms with Gasteiger partial charge >= 0.3 is 0 Å². The molecule has 0 saturated carbocycles. The maximum atomic E-state index is 12.3. The van der Waals surface area contributed by atoms with Crippen molar-refractivity contribution in [3.63, 3.8) is 0 Å². The van der Waals surface area contributed by atoms with Crippen molar-refractivity contribution < 1.29 is 36.0 Å². The Bertz CT molecular complexity index is 927. The van der Waals surface area contributed by atoms with Gasteiger partial charge in [0.2, 0.25) is 5.78 Å². The molecule has 0 saturated heterocycles. The minimum Gasteiger partial charge on any atom is -1.00 e. The van der Waals surface area contributed by atoms with Gasteiger partial charge in [0.15, 0.2) is 12.2 Å². The van der Waals surface area contributed by atoms with Gasteiger partial charge in [0.1, 0.15) is 5.75 Å². The molecule has 8 heteroatoms. The van der Waals surface area contributed by atoms with E-state index in [-0.39, 0.29) is 35.0 Å². The van der Waals surface area contributed by atoms with Gasteiger partial charge < -0.3 is 21.7 Å². The second-order valence-electron chi connectivity index (χ2n) is 5.57. The first-order chi connectivity index (χ1) is 12.6. The Balaban J connectivity index is 0.00000261. The number of benzene rings is 2. The van der Waals surface area contributed by atoms with Crippen LogP contribution in [0.2, 0.25) is 0 Å². The third-order valence-corrected chi connectivity index (χ3v) is 3.88. The van der Waals surface area contributed by atoms with E-state index >= 15 is 0 Å². The van der Waals surface area contributed by atoms with Crippen LogP contribution in [0.25, 0.3) is 11.3 Å². The molecule has 0 bridgehead atoms. The van der Waals surface area contributed by atoms with E-state index in [2.05, 4.69) is 4.98 Å². The largest absolute Gasteiger partial charge is 1.00 e. The highest BCUT2D eigenvalue weighted by atomic mass is 79.9. The van der Waals surface area contributed by atoms with Crippen LogP contribution in [0.1, 0.15) is 10.4 Å². The predicted molar refractivity (Wildman–Crippen MR) is 93.8 cm³/mol. The van der Waals surface area contributed by atoms with Crippen molar-refractivity contribution >= 4 is 11.5 Å². The van der Waals surface area contributed by atoms with Crippen molar-refractivity contribution in [3.05, 3.63) is 82.8 Å². The molecule has 0 aliphatic carbocycles. The Kier molecular flexibility index (Phi) is 6.73. The minimum atomic E-state index is -0.495. The van der Waals surface area contributed by atoms with E-state index in [4.69, 9.17) is 4.74 Å². The summed E-state index contributed by atoms with van der Waals surface area (Å²) < 4.78 is 6.79. The molecule has 1 heterocycles. The molecule has 1 aromatic heterocycles. The smallest absolute Gasteiger partial charge is 0.287 e. The van der Waals surface area contributed by atoms with Crippen LogP contribution >= 0.6 is 0 Å². The summed E-state index contributed by atoms with van der Waals surface area (Å²) in [5.41, 5.74) is 2.10. The highest BCUT2D eigenvalue weighted by molar-refractivity contribution is 5.95. The lowest BCUT2D eigenvalue weighted by Crippen LogP contribution is -3.00. The number of hydrogen-bond donors (Lipinski definition) is 0. The highest BCUT2D eigenvalue weighted by Crippen LogP contribution is 2.19. The van der Waals surface area contributed by atoms with Crippen molar-refractivity contribution in [1.82, 2.24) is 4.98 Å². The normalized spacial score (nSPS) is 9.96. The number of carbonyl (C=O) groups is 1. The van der Waals surface area contributed by atoms with Gasteiger partial charge in [-0.2, -0.15) is 0 Å². The van der Waals surface area contributed by atoms with E-state index in [1.165, 1.54) is 24.3 Å². The molecule has 0 amide bonds. The molecule has 3 aromatic rings. The number of aromatic nitrogens is 2. The molecule has 0 spiro atoms. The van der Waals surface area contributed by atoms with E-state index in [0.29, 0.717) is 5.56 Å². The molecular formula is C19H16BrN3O4. The van der Waals surface area contributed by atoms with Crippen LogP contribution in [-0.4, -0.2) is 22.8 Å². The van der Waals surface area contributed by atoms with Crippen LogP contribution in [0.15, 0.2) is 67.1 Å². The fraction of sp³-hybridized carbons (Fsp3) is 0.105. The number of halogens is 1. The Morgan fingerprint density at radius 3 is 2.30 bits per heavy atom. The minimum absolute atomic E-state index is 0. The summed E-state index contributed by atoms with van der Waals surface area (Å²) in [5.74, 6) is 0.623. The molecule has 7 nitrogen and oxygen atoms in total. The molecule has 3 rings (SSSR count). The van der Waals surface area contributed by atoms with Crippen LogP contribution in [0, 0.1) is 10.1 Å². The summed E-state index contributed by atoms with van der Waals surface area (Å²) in [5, 5.41) is 10.7. The zero-order valence-corrected chi connectivity index (χ0v) is 16.0. The fourth-order valence-corrected chi connectivity index (χ4v) is 2.44. The number of hydrogen-bond acceptors (Lipinski definition) is 5. The third-order valence-electron chi connectivity index (χ3n) is 3.88. The molecule has 0 atom stereocenters. The van der Waals surface area contributed by atoms with E-state index < -0.39 is 4.92 Å². The number of nitro groups is 1. The first-order valence-electron chi connectivity index (χ1n) is 7.84. The topological polar surface area (TPSA) is 86.2 Å². The van der Waals surface area contributed by atoms with Gasteiger partial charge in [0.25, 0.3) is 12.0 Å². The van der Waals surface area contributed by atoms with Gasteiger partial charge in [-0.25, -0.2) is 4.57 Å². The number of nitro benzene ring substituents is 1. The average molecular weight is 430 g/mol. The van der Waals surface area contributed by atoms with Gasteiger partial charge in [0, 0.05) is 29.3 Å². The first kappa shape index (κ1) is 20.2. The summed E-state index contributed by atoms with van der Waals surface area (Å²) >= 11 is 0. The SMILES string of the molecule is COc1ccc(-c2cc[n+](CC(=O)c3ccc([N+](=O)[O-])cc3)cn2)cc1.[Br-]. The molecule has 0 unspecified atom stereocenters. The highest BCUT2D eigenvalue weighted by Gasteiger charge is 2.13. The first-order valence-corrected chi connectivity index (χ1v) is 7.84. The van der Waals surface area contributed by atoms with Gasteiger partial charge in [-0.15, -0.1) is 0 Å². The number of nitrogens with zero attached hydrogens (tertiary/aromatic N) is 3. The maximum Gasteiger partial charge on any atom is 0.287 e. The van der Waals surface area contributed by atoms with Crippen LogP contribution in [0.4, 0.5) is 5.69 Å². The molecular weight excluding hydrogens is 414 g/mol. The van der Waals surface area contributed by atoms with Crippen LogP contribution in [0.3, 0.4) is 0 Å². The predicted octanol–water partition coefficient (Wildman–Crippen LogP) is -0.160. The van der Waals surface area contributed by atoms with E-state index in [0.717, 1.165) is 17.0 Å². The van der Waals surface area contributed by atoms with Gasteiger partial charge in [-0.05, 0) is 41.4 Å². The monoisotopic (exact) mass is 429 g/mol. The van der Waals surface area contributed by atoms with Crippen molar-refractivity contribution in [2.45, 2.75) is 6.54 Å². The number of ether oxygens (including phenoxy) is 1. The third kappa shape index (κ3) is 4.95. The second kappa shape index (κ2) is 9.00. The van der Waals surface area contributed by atoms with Crippen LogP contribution in [-0.2, 0) is 6.54 Å². The maximum absolute atomic E-state index is 12.3. The van der Waals surface area contributed by atoms with Gasteiger partial charge in [0.05, 0.1) is 18.2 Å². The van der Waals surface area contributed by atoms with Crippen molar-refractivity contribution in [2.75, 3.05) is 7.11 Å². The molecule has 0 aliphatic heterocycles. The van der Waals surface area contributed by atoms with Gasteiger partial charge in [-0.1, -0.05) is 0 Å². The fourth-order valence-electron chi connectivity index (χ4n) is 2.44. The Morgan fingerprint density at radius 1 is 1.11 bits per heavy atom. The molecule has 138 valence electrons. The van der Waals surface area contributed by atoms with E-state index in [1.54, 1.807) is 24.2 Å². The number of rotatable bonds is 6. The zero-order chi connectivity index (χ0) is 18.5. The molecule has 0 fully saturated rings. The lowest BCUT2D eigenvalue weighted by molar-refractivity contribution is -0.686. The Hall–Kier alpha value is -3.13. The molecule has 27 heavy (non-hydrogen) atoms. The Labute approximate surface area is 166 Å². The van der Waals surface area contributed by atoms with E-state index in [9.17, 15) is 14.9 Å². The second-order valence-corrected chi connectivity index (χ2v) is 5.57. The molecule has 0 N–H and O–H groups in total. The quantitative estimate of drug-likeness (QED) is 0.235. The summed E-state index contributed by atoms with van der Waals surface area (Å²) in [7, 11) is 1.61. The number of Topliss-reactive ketones (excluding diaryl/α,β-unsaturated/α-hetero) is 1. The lowest BCUT2D eigenvalue weighted by atomic mass is 10.1. The lowest BCUT2D eigenvalue weighted by Gasteiger charge is -2.02. The molecule has 0 radical (unpaired) electrons. The summed E-state index contributed by atoms with van der Waals surface area (Å²) in [6.45, 7) is 0.105. The van der Waals surface area contributed by atoms with E-state index in [1.807, 2.05) is 30.3 Å². The van der Waals surface area contributed by atoms with Gasteiger partial charge in [-0.3, -0.25) is 14.9 Å². The van der Waals surface area contributed by atoms with Crippen LogP contribution in [0.5, 0.6) is 5.75 Å². The van der Waals surface area contributed by atoms with Crippen LogP contribution < -0.4 is 26.3 Å². The number of non-ortho nitro benzene ring substituents is 1. The van der Waals surface area contributed by atoms with Crippen molar-refractivity contribution in [3.8, 4) is 17.0 Å². The summed E-state index contributed by atoms with van der Waals surface area (Å²) in [6, 6.07) is 14.9. The molecule has 2 aromatic carbocycles. The number of methoxy groups -OCH3 is 1. The number of carbonyl (C=O) groups excluding carboxylic acids is 1. The Morgan fingerprint density at radius 2 is 1.78 bits per heavy atom. The zero-order valence-electron chi connectivity index (χ0n) is 14.4.